The number of hydrogen-bond donors (Lipinski definition) is 3. The average molecular weight is 268 g/mol. The Morgan fingerprint density at radius 3 is 2.06 bits per heavy atom. The largest absolute Gasteiger partial charge is 0.480 e. The molecule has 0 aliphatic carbocycles. The molecule has 2 atom stereocenters. The molecule has 0 spiro atoms. The fraction of sp³-hybridized carbons (Fsp3) is 0.750. The van der Waals surface area contributed by atoms with Gasteiger partial charge in [-0.3, -0.25) is 14.5 Å². The van der Waals surface area contributed by atoms with Crippen molar-refractivity contribution in [2.75, 3.05) is 25.6 Å². The molecule has 0 bridgehead atoms. The Balaban J connectivity index is 3.79. The number of nitrogens with two attached hydrogens (primary N) is 1. The Kier molecular flexibility index (Phi) is 7.56. The summed E-state index contributed by atoms with van der Waals surface area (Å²) in [7, 11) is 5.96. The lowest BCUT2D eigenvalue weighted by atomic mass is 10.3. The van der Waals surface area contributed by atoms with Crippen molar-refractivity contribution in [1.29, 1.82) is 0 Å². The van der Waals surface area contributed by atoms with Gasteiger partial charge in [-0.15, -0.1) is 0 Å². The van der Waals surface area contributed by atoms with E-state index in [4.69, 9.17) is 15.9 Å². The monoisotopic (exact) mass is 268 g/mol. The van der Waals surface area contributed by atoms with Crippen molar-refractivity contribution < 1.29 is 19.8 Å². The lowest BCUT2D eigenvalue weighted by Crippen LogP contribution is -2.37. The Bertz CT molecular complexity index is 250. The maximum Gasteiger partial charge on any atom is 0.321 e. The van der Waals surface area contributed by atoms with Gasteiger partial charge in [-0.05, 0) is 14.1 Å². The Morgan fingerprint density at radius 2 is 1.69 bits per heavy atom. The summed E-state index contributed by atoms with van der Waals surface area (Å²) in [5.41, 5.74) is 5.29. The highest BCUT2D eigenvalue weighted by molar-refractivity contribution is 8.76. The Labute approximate surface area is 102 Å². The van der Waals surface area contributed by atoms with Crippen molar-refractivity contribution in [2.24, 2.45) is 5.73 Å². The minimum Gasteiger partial charge on any atom is -0.480 e. The summed E-state index contributed by atoms with van der Waals surface area (Å²) in [5, 5.41) is 17.4. The highest BCUT2D eigenvalue weighted by Gasteiger charge is 2.20. The molecule has 0 aliphatic heterocycles. The molecule has 6 nitrogen and oxygen atoms in total. The molecule has 0 heterocycles. The molecule has 0 unspecified atom stereocenters. The highest BCUT2D eigenvalue weighted by atomic mass is 33.1. The van der Waals surface area contributed by atoms with Gasteiger partial charge in [0, 0.05) is 11.5 Å². The minimum atomic E-state index is -1.05. The number of aliphatic carboxylic acids is 2. The van der Waals surface area contributed by atoms with E-state index in [0.29, 0.717) is 5.75 Å². The summed E-state index contributed by atoms with van der Waals surface area (Å²) in [6.07, 6.45) is 0. The van der Waals surface area contributed by atoms with E-state index in [9.17, 15) is 9.59 Å². The van der Waals surface area contributed by atoms with Crippen LogP contribution in [0.4, 0.5) is 0 Å². The lowest BCUT2D eigenvalue weighted by molar-refractivity contribution is -0.141. The van der Waals surface area contributed by atoms with Gasteiger partial charge in [-0.25, -0.2) is 0 Å². The SMILES string of the molecule is CN(C)[C@@H](CSSC[C@H](N)C(=O)O)C(=O)O. The van der Waals surface area contributed by atoms with Gasteiger partial charge < -0.3 is 15.9 Å². The van der Waals surface area contributed by atoms with Crippen molar-refractivity contribution in [3.63, 3.8) is 0 Å². The standard InChI is InChI=1S/C8H16N2O4S2/c1-10(2)6(8(13)14)4-16-15-3-5(9)7(11)12/h5-6H,3-4,9H2,1-2H3,(H,11,12)(H,13,14)/t5-,6-/m0/s1. The third-order valence-corrected chi connectivity index (χ3v) is 4.21. The van der Waals surface area contributed by atoms with E-state index in [1.807, 2.05) is 0 Å². The smallest absolute Gasteiger partial charge is 0.321 e. The molecule has 0 saturated carbocycles. The van der Waals surface area contributed by atoms with Crippen LogP contribution in [0.5, 0.6) is 0 Å². The first kappa shape index (κ1) is 15.6. The topological polar surface area (TPSA) is 104 Å². The van der Waals surface area contributed by atoms with E-state index in [1.54, 1.807) is 19.0 Å². The van der Waals surface area contributed by atoms with Gasteiger partial charge in [0.15, 0.2) is 0 Å². The van der Waals surface area contributed by atoms with Crippen LogP contribution in [0.3, 0.4) is 0 Å². The second-order valence-electron chi connectivity index (χ2n) is 3.33. The second kappa shape index (κ2) is 7.77. The Hall–Kier alpha value is -0.440. The van der Waals surface area contributed by atoms with Crippen LogP contribution in [-0.4, -0.2) is 64.7 Å². The molecule has 0 amide bonds. The predicted octanol–water partition coefficient (Wildman–Crippen LogP) is -0.205. The second-order valence-corrected chi connectivity index (χ2v) is 5.88. The molecule has 16 heavy (non-hydrogen) atoms. The van der Waals surface area contributed by atoms with E-state index in [-0.39, 0.29) is 5.75 Å². The first-order valence-corrected chi connectivity index (χ1v) is 6.97. The van der Waals surface area contributed by atoms with Gasteiger partial charge >= 0.3 is 11.9 Å². The number of carboxylic acid groups (broad SMARTS) is 2. The predicted molar refractivity (Wildman–Crippen MR) is 65.6 cm³/mol. The van der Waals surface area contributed by atoms with Gasteiger partial charge in [0.2, 0.25) is 0 Å². The van der Waals surface area contributed by atoms with Crippen molar-refractivity contribution >= 4 is 33.5 Å². The first-order chi connectivity index (χ1) is 7.36. The summed E-state index contributed by atoms with van der Waals surface area (Å²) in [6.45, 7) is 0. The zero-order valence-corrected chi connectivity index (χ0v) is 10.8. The molecule has 0 rings (SSSR count). The third-order valence-electron chi connectivity index (χ3n) is 1.78. The summed E-state index contributed by atoms with van der Waals surface area (Å²) in [6, 6.07) is -1.47. The van der Waals surface area contributed by atoms with Gasteiger partial charge in [-0.2, -0.15) is 0 Å². The molecule has 0 aromatic heterocycles. The van der Waals surface area contributed by atoms with E-state index < -0.39 is 24.0 Å². The quantitative estimate of drug-likeness (QED) is 0.410. The fourth-order valence-corrected chi connectivity index (χ4v) is 3.20. The van der Waals surface area contributed by atoms with Crippen LogP contribution in [0.25, 0.3) is 0 Å². The van der Waals surface area contributed by atoms with E-state index in [0.717, 1.165) is 0 Å². The maximum absolute atomic E-state index is 10.8. The van der Waals surface area contributed by atoms with Gasteiger partial charge in [0.1, 0.15) is 12.1 Å². The van der Waals surface area contributed by atoms with E-state index in [1.165, 1.54) is 21.6 Å². The number of carbonyl (C=O) groups is 2. The molecule has 0 fully saturated rings. The zero-order valence-electron chi connectivity index (χ0n) is 9.12. The zero-order chi connectivity index (χ0) is 12.7. The third kappa shape index (κ3) is 6.21. The Morgan fingerprint density at radius 1 is 1.19 bits per heavy atom. The van der Waals surface area contributed by atoms with Crippen molar-refractivity contribution in [2.45, 2.75) is 12.1 Å². The molecule has 0 aromatic carbocycles. The van der Waals surface area contributed by atoms with Crippen LogP contribution in [0.2, 0.25) is 0 Å². The number of carboxylic acids is 2. The molecule has 0 aromatic rings. The molecule has 94 valence electrons. The summed E-state index contributed by atoms with van der Waals surface area (Å²) >= 11 is 0. The van der Waals surface area contributed by atoms with Gasteiger partial charge in [0.05, 0.1) is 0 Å². The van der Waals surface area contributed by atoms with Crippen molar-refractivity contribution in [1.82, 2.24) is 4.90 Å². The number of rotatable bonds is 8. The molecule has 0 radical (unpaired) electrons. The van der Waals surface area contributed by atoms with E-state index in [2.05, 4.69) is 0 Å². The van der Waals surface area contributed by atoms with Gasteiger partial charge in [0.25, 0.3) is 0 Å². The van der Waals surface area contributed by atoms with Crippen molar-refractivity contribution in [3.8, 4) is 0 Å². The highest BCUT2D eigenvalue weighted by Crippen LogP contribution is 2.23. The molecule has 0 aliphatic rings. The molecular weight excluding hydrogens is 252 g/mol. The average Bonchev–Trinajstić information content (AvgIpc) is 2.15. The minimum absolute atomic E-state index is 0.264. The fourth-order valence-electron chi connectivity index (χ4n) is 0.747. The van der Waals surface area contributed by atoms with Crippen LogP contribution in [-0.2, 0) is 9.59 Å². The first-order valence-electron chi connectivity index (χ1n) is 4.48. The van der Waals surface area contributed by atoms with Crippen molar-refractivity contribution in [3.05, 3.63) is 0 Å². The normalized spacial score (nSPS) is 14.8. The van der Waals surface area contributed by atoms with Gasteiger partial charge in [-0.1, -0.05) is 21.6 Å². The van der Waals surface area contributed by atoms with Crippen LogP contribution in [0.1, 0.15) is 0 Å². The lowest BCUT2D eigenvalue weighted by Gasteiger charge is -2.19. The van der Waals surface area contributed by atoms with Crippen LogP contribution in [0.15, 0.2) is 0 Å². The summed E-state index contributed by atoms with van der Waals surface area (Å²) in [5.74, 6) is -1.28. The van der Waals surface area contributed by atoms with Crippen LogP contribution in [0, 0.1) is 0 Å². The van der Waals surface area contributed by atoms with Crippen LogP contribution < -0.4 is 5.73 Å². The molecule has 0 saturated heterocycles. The molecule has 4 N–H and O–H groups in total. The number of likely N-dealkylation sites (N-methyl/N-ethyl adjacent to an activating group) is 1. The van der Waals surface area contributed by atoms with E-state index >= 15 is 0 Å². The number of hydrogen-bond acceptors (Lipinski definition) is 6. The van der Waals surface area contributed by atoms with Crippen LogP contribution >= 0.6 is 21.6 Å². The number of nitrogens with zero attached hydrogens (tertiary/aromatic N) is 1. The summed E-state index contributed by atoms with van der Waals surface area (Å²) in [4.78, 5) is 22.8. The molecular formula is C8H16N2O4S2. The molecule has 8 heteroatoms. The summed E-state index contributed by atoms with van der Waals surface area (Å²) < 4.78 is 0. The maximum atomic E-state index is 10.8.